The summed E-state index contributed by atoms with van der Waals surface area (Å²) in [6.07, 6.45) is -13.3. The second-order valence-electron chi connectivity index (χ2n) is 9.50. The molecule has 0 aliphatic rings. The highest BCUT2D eigenvalue weighted by atomic mass is 19.4. The molecular formula is C27H24F9N7O6. The lowest BCUT2D eigenvalue weighted by atomic mass is 10.2. The second kappa shape index (κ2) is 15.4. The molecule has 13 nitrogen and oxygen atoms in total. The first kappa shape index (κ1) is 39.3. The predicted octanol–water partition coefficient (Wildman–Crippen LogP) is 5.73. The van der Waals surface area contributed by atoms with Gasteiger partial charge in [-0.2, -0.15) is 44.6 Å². The fourth-order valence-electron chi connectivity index (χ4n) is 3.72. The van der Waals surface area contributed by atoms with E-state index < -0.39 is 36.4 Å². The van der Waals surface area contributed by atoms with Gasteiger partial charge in [-0.25, -0.2) is 14.4 Å². The number of alkyl halides is 9. The van der Waals surface area contributed by atoms with Crippen LogP contribution in [0.4, 0.5) is 51.0 Å². The molecule has 0 aliphatic carbocycles. The number of carboxylic acid groups (broad SMARTS) is 3. The lowest BCUT2D eigenvalue weighted by Crippen LogP contribution is -2.21. The third kappa shape index (κ3) is 11.1. The van der Waals surface area contributed by atoms with Crippen molar-refractivity contribution in [2.24, 2.45) is 7.05 Å². The Bertz CT molecular complexity index is 1850. The van der Waals surface area contributed by atoms with E-state index >= 15 is 0 Å². The first-order chi connectivity index (χ1) is 22.4. The van der Waals surface area contributed by atoms with Crippen LogP contribution in [0.25, 0.3) is 16.7 Å². The Morgan fingerprint density at radius 1 is 0.755 bits per heavy atom. The zero-order valence-electron chi connectivity index (χ0n) is 25.1. The van der Waals surface area contributed by atoms with Crippen LogP contribution in [-0.2, 0) is 28.0 Å². The molecule has 4 aromatic heterocycles. The summed E-state index contributed by atoms with van der Waals surface area (Å²) >= 11 is 0. The Labute approximate surface area is 267 Å². The third-order valence-electron chi connectivity index (χ3n) is 5.80. The number of benzene rings is 1. The molecule has 0 amide bonds. The molecule has 5 rings (SSSR count). The number of hydrogen-bond donors (Lipinski definition) is 4. The number of nitrogens with zero attached hydrogens (tertiary/aromatic N) is 6. The van der Waals surface area contributed by atoms with Crippen molar-refractivity contribution in [1.29, 1.82) is 0 Å². The van der Waals surface area contributed by atoms with Crippen molar-refractivity contribution < 1.29 is 69.2 Å². The molecule has 1 aromatic carbocycles. The molecular weight excluding hydrogens is 689 g/mol. The standard InChI is InChI=1S/C21H21N7.3C2HF3O2/c1-14-11-19-18(27(14)13-16-7-5-4-6-8-16)12-17(21-24-23-15(2)28(19)21)22-20-9-10-26(3)25-20;3*3-2(4,5)1(6)7/h4-12H,13H2,1-3H3,(H,22,25);3*(H,6,7). The zero-order valence-corrected chi connectivity index (χ0v) is 25.1. The molecule has 0 saturated heterocycles. The topological polar surface area (TPSA) is 177 Å². The summed E-state index contributed by atoms with van der Waals surface area (Å²) in [6.45, 7) is 4.93. The van der Waals surface area contributed by atoms with E-state index in [1.54, 1.807) is 4.68 Å². The number of aromatic nitrogens is 6. The van der Waals surface area contributed by atoms with Gasteiger partial charge in [0.15, 0.2) is 11.5 Å². The van der Waals surface area contributed by atoms with E-state index in [1.165, 1.54) is 11.3 Å². The molecule has 5 aromatic rings. The van der Waals surface area contributed by atoms with Gasteiger partial charge in [-0.05, 0) is 31.5 Å². The Morgan fingerprint density at radius 2 is 1.24 bits per heavy atom. The number of anilines is 2. The van der Waals surface area contributed by atoms with Gasteiger partial charge in [-0.3, -0.25) is 9.08 Å². The molecule has 0 atom stereocenters. The van der Waals surface area contributed by atoms with Gasteiger partial charge >= 0.3 is 36.4 Å². The summed E-state index contributed by atoms with van der Waals surface area (Å²) in [5, 5.41) is 37.9. The maximum absolute atomic E-state index is 10.6. The first-order valence-electron chi connectivity index (χ1n) is 13.0. The highest BCUT2D eigenvalue weighted by molar-refractivity contribution is 5.89. The van der Waals surface area contributed by atoms with Crippen molar-refractivity contribution in [1.82, 2.24) is 28.9 Å². The Hall–Kier alpha value is -5.83. The molecule has 0 unspecified atom stereocenters. The molecule has 0 aliphatic heterocycles. The minimum absolute atomic E-state index is 0.780. The van der Waals surface area contributed by atoms with Crippen LogP contribution in [0.3, 0.4) is 0 Å². The Kier molecular flexibility index (Phi) is 12.4. The minimum Gasteiger partial charge on any atom is -0.475 e. The molecule has 0 saturated carbocycles. The fraction of sp³-hybridized carbons (Fsp3) is 0.259. The van der Waals surface area contributed by atoms with E-state index in [-0.39, 0.29) is 0 Å². The van der Waals surface area contributed by atoms with Crippen molar-refractivity contribution in [2.45, 2.75) is 38.9 Å². The molecule has 0 spiro atoms. The lowest BCUT2D eigenvalue weighted by Gasteiger charge is -2.11. The van der Waals surface area contributed by atoms with Crippen LogP contribution in [0.1, 0.15) is 17.1 Å². The normalized spacial score (nSPS) is 11.4. The van der Waals surface area contributed by atoms with Gasteiger partial charge in [-0.15, -0.1) is 10.2 Å². The summed E-state index contributed by atoms with van der Waals surface area (Å²) in [6, 6.07) is 16.8. The Balaban J connectivity index is 0.000000325. The number of halogens is 9. The van der Waals surface area contributed by atoms with Crippen LogP contribution in [-0.4, -0.2) is 80.7 Å². The van der Waals surface area contributed by atoms with E-state index in [0.29, 0.717) is 0 Å². The van der Waals surface area contributed by atoms with Gasteiger partial charge in [0.1, 0.15) is 5.82 Å². The molecule has 49 heavy (non-hydrogen) atoms. The van der Waals surface area contributed by atoms with Gasteiger partial charge < -0.3 is 25.2 Å². The number of rotatable bonds is 4. The van der Waals surface area contributed by atoms with E-state index in [9.17, 15) is 39.5 Å². The zero-order chi connectivity index (χ0) is 37.5. The van der Waals surface area contributed by atoms with Crippen LogP contribution in [0.2, 0.25) is 0 Å². The average molecular weight is 714 g/mol. The SMILES string of the molecule is Cc1cc2c(cc(Nc3ccn(C)n3)c3nnc(C)n32)n1Cc1ccccc1.O=C(O)C(F)(F)F.O=C(O)C(F)(F)F.O=C(O)C(F)(F)F. The van der Waals surface area contributed by atoms with Crippen molar-refractivity contribution in [3.05, 3.63) is 71.8 Å². The van der Waals surface area contributed by atoms with Crippen LogP contribution >= 0.6 is 0 Å². The van der Waals surface area contributed by atoms with Gasteiger partial charge in [-0.1, -0.05) is 30.3 Å². The molecule has 0 bridgehead atoms. The lowest BCUT2D eigenvalue weighted by molar-refractivity contribution is -0.193. The maximum Gasteiger partial charge on any atom is 0.490 e. The number of fused-ring (bicyclic) bond motifs is 3. The number of aliphatic carboxylic acids is 3. The van der Waals surface area contributed by atoms with Crippen LogP contribution in [0.15, 0.2) is 54.7 Å². The summed E-state index contributed by atoms with van der Waals surface area (Å²) in [4.78, 5) is 26.7. The highest BCUT2D eigenvalue weighted by Gasteiger charge is 2.39. The van der Waals surface area contributed by atoms with Gasteiger partial charge in [0, 0.05) is 31.5 Å². The molecule has 0 fully saturated rings. The largest absolute Gasteiger partial charge is 0.490 e. The number of aryl methyl sites for hydroxylation is 3. The molecule has 4 N–H and O–H groups in total. The van der Waals surface area contributed by atoms with E-state index in [1.807, 2.05) is 32.3 Å². The quantitative estimate of drug-likeness (QED) is 0.168. The average Bonchev–Trinajstić information content (AvgIpc) is 3.66. The summed E-state index contributed by atoms with van der Waals surface area (Å²) in [5.74, 6) is -6.63. The third-order valence-corrected chi connectivity index (χ3v) is 5.80. The van der Waals surface area contributed by atoms with Crippen molar-refractivity contribution in [2.75, 3.05) is 5.32 Å². The van der Waals surface area contributed by atoms with E-state index in [2.05, 4.69) is 72.9 Å². The molecule has 22 heteroatoms. The predicted molar refractivity (Wildman–Crippen MR) is 151 cm³/mol. The monoisotopic (exact) mass is 713 g/mol. The van der Waals surface area contributed by atoms with Crippen LogP contribution in [0.5, 0.6) is 0 Å². The van der Waals surface area contributed by atoms with Crippen LogP contribution in [0, 0.1) is 13.8 Å². The fourth-order valence-corrected chi connectivity index (χ4v) is 3.72. The first-order valence-corrected chi connectivity index (χ1v) is 13.0. The van der Waals surface area contributed by atoms with Crippen molar-refractivity contribution in [3.63, 3.8) is 0 Å². The van der Waals surface area contributed by atoms with Gasteiger partial charge in [0.25, 0.3) is 0 Å². The van der Waals surface area contributed by atoms with Crippen molar-refractivity contribution >= 4 is 46.1 Å². The molecule has 0 radical (unpaired) electrons. The molecule has 4 heterocycles. The van der Waals surface area contributed by atoms with E-state index in [4.69, 9.17) is 29.7 Å². The van der Waals surface area contributed by atoms with Gasteiger partial charge in [0.05, 0.1) is 16.7 Å². The number of carboxylic acids is 3. The number of hydrogen-bond acceptors (Lipinski definition) is 7. The Morgan fingerprint density at radius 3 is 1.67 bits per heavy atom. The van der Waals surface area contributed by atoms with Gasteiger partial charge in [0.2, 0.25) is 0 Å². The van der Waals surface area contributed by atoms with E-state index in [0.717, 1.165) is 40.6 Å². The second-order valence-corrected chi connectivity index (χ2v) is 9.50. The number of nitrogens with one attached hydrogen (secondary N) is 1. The smallest absolute Gasteiger partial charge is 0.475 e. The summed E-state index contributed by atoms with van der Waals surface area (Å²) in [7, 11) is 1.90. The molecule has 266 valence electrons. The number of carbonyl (C=O) groups is 3. The van der Waals surface area contributed by atoms with Crippen LogP contribution < -0.4 is 5.32 Å². The summed E-state index contributed by atoms with van der Waals surface area (Å²) in [5.41, 5.74) is 6.39. The summed E-state index contributed by atoms with van der Waals surface area (Å²) < 4.78 is 101. The number of pyridine rings is 1. The van der Waals surface area contributed by atoms with Crippen molar-refractivity contribution in [3.8, 4) is 0 Å². The maximum atomic E-state index is 10.6. The highest BCUT2D eigenvalue weighted by Crippen LogP contribution is 2.30. The minimum atomic E-state index is -5.08.